The number of hydrogen-bond donors (Lipinski definition) is 2. The molecule has 2 atom stereocenters. The predicted molar refractivity (Wildman–Crippen MR) is 253 cm³/mol. The number of H-pyrrole nitrogens is 1. The number of fused-ring (bicyclic) bond motifs is 2. The maximum absolute atomic E-state index is 16.9. The maximum atomic E-state index is 16.9. The number of amides is 5. The number of carbonyl (C=O) groups is 5. The molecule has 4 aromatic rings. The normalized spacial score (nSPS) is 19.4. The lowest BCUT2D eigenvalue weighted by atomic mass is 9.83. The lowest BCUT2D eigenvalue weighted by molar-refractivity contribution is -0.136. The van der Waals surface area contributed by atoms with Crippen LogP contribution in [0.1, 0.15) is 98.5 Å². The molecule has 2 fully saturated rings. The van der Waals surface area contributed by atoms with E-state index < -0.39 is 23.2 Å². The summed E-state index contributed by atoms with van der Waals surface area (Å²) in [6.07, 6.45) is 8.44. The number of rotatable bonds is 11. The summed E-state index contributed by atoms with van der Waals surface area (Å²) in [5.74, 6) is -1.77. The van der Waals surface area contributed by atoms with Crippen molar-refractivity contribution < 1.29 is 28.4 Å². The van der Waals surface area contributed by atoms with Crippen LogP contribution in [0.3, 0.4) is 0 Å². The van der Waals surface area contributed by atoms with Crippen molar-refractivity contribution in [2.75, 3.05) is 56.6 Å². The molecular weight excluding hydrogens is 824 g/mol. The van der Waals surface area contributed by atoms with Gasteiger partial charge in [-0.1, -0.05) is 43.3 Å². The summed E-state index contributed by atoms with van der Waals surface area (Å²) < 4.78 is 16.9. The van der Waals surface area contributed by atoms with E-state index in [1.807, 2.05) is 58.0 Å². The fraction of sp³-hybridized carbons (Fsp3) is 0.412. The van der Waals surface area contributed by atoms with Crippen LogP contribution >= 0.6 is 0 Å². The quantitative estimate of drug-likeness (QED) is 0.0903. The lowest BCUT2D eigenvalue weighted by Crippen LogP contribution is -2.55. The van der Waals surface area contributed by atoms with E-state index in [0.29, 0.717) is 42.5 Å². The summed E-state index contributed by atoms with van der Waals surface area (Å²) in [6.45, 7) is 15.9. The van der Waals surface area contributed by atoms with Crippen LogP contribution in [-0.2, 0) is 24.6 Å². The van der Waals surface area contributed by atoms with Gasteiger partial charge >= 0.3 is 0 Å². The van der Waals surface area contributed by atoms with Crippen LogP contribution in [0, 0.1) is 18.7 Å². The summed E-state index contributed by atoms with van der Waals surface area (Å²) in [6, 6.07) is 15.3. The molecular formula is C51H59FN8O5. The van der Waals surface area contributed by atoms with Crippen LogP contribution in [0.2, 0.25) is 0 Å². The number of aromatic nitrogens is 1. The molecule has 14 heteroatoms. The Morgan fingerprint density at radius 3 is 2.42 bits per heavy atom. The van der Waals surface area contributed by atoms with Crippen molar-refractivity contribution in [2.45, 2.75) is 84.1 Å². The number of allylic oxidation sites excluding steroid dienone is 1. The van der Waals surface area contributed by atoms with E-state index in [0.717, 1.165) is 59.6 Å². The molecule has 2 N–H and O–H groups in total. The molecule has 2 saturated heterocycles. The molecule has 3 aromatic carbocycles. The molecule has 13 nitrogen and oxygen atoms in total. The molecule has 5 heterocycles. The second-order valence-electron chi connectivity index (χ2n) is 18.7. The number of benzene rings is 3. The first kappa shape index (κ1) is 45.0. The summed E-state index contributed by atoms with van der Waals surface area (Å²) in [7, 11) is 3.33. The van der Waals surface area contributed by atoms with Crippen molar-refractivity contribution in [3.05, 3.63) is 101 Å². The molecule has 5 amide bonds. The van der Waals surface area contributed by atoms with E-state index in [4.69, 9.17) is 0 Å². The van der Waals surface area contributed by atoms with Gasteiger partial charge in [0.25, 0.3) is 5.91 Å². The van der Waals surface area contributed by atoms with Crippen molar-refractivity contribution in [3.8, 4) is 11.1 Å². The zero-order valence-corrected chi connectivity index (χ0v) is 38.5. The number of aryl methyl sites for hydroxylation is 1. The minimum absolute atomic E-state index is 0.0467. The van der Waals surface area contributed by atoms with Gasteiger partial charge in [-0.2, -0.15) is 5.10 Å². The zero-order valence-electron chi connectivity index (χ0n) is 38.5. The van der Waals surface area contributed by atoms with E-state index in [9.17, 15) is 24.0 Å². The number of imide groups is 1. The van der Waals surface area contributed by atoms with Crippen molar-refractivity contribution in [1.82, 2.24) is 25.1 Å². The molecule has 0 aliphatic carbocycles. The van der Waals surface area contributed by atoms with Gasteiger partial charge in [0.1, 0.15) is 11.7 Å². The molecule has 0 saturated carbocycles. The van der Waals surface area contributed by atoms with Crippen molar-refractivity contribution in [3.63, 3.8) is 0 Å². The second-order valence-corrected chi connectivity index (χ2v) is 18.7. The highest BCUT2D eigenvalue weighted by molar-refractivity contribution is 6.15. The molecule has 0 bridgehead atoms. The smallest absolute Gasteiger partial charge is 0.269 e. The Hall–Kier alpha value is -6.57. The fourth-order valence-electron chi connectivity index (χ4n) is 10.3. The maximum Gasteiger partial charge on any atom is 0.269 e. The lowest BCUT2D eigenvalue weighted by Gasteiger charge is -2.36. The summed E-state index contributed by atoms with van der Waals surface area (Å²) in [4.78, 5) is 76.2. The number of carbonyl (C=O) groups excluding carboxylic acids is 5. The monoisotopic (exact) mass is 882 g/mol. The standard InChI is InChI=1S/C51H59FN8O5/c1-9-21-59(53-6)28-31(3)48(63)58-22-11-12-34(29-58)36-26-37(38-27-39(49(64)56(7)8)54-46(38)45(36)52)35-16-15-33(25-30(35)2)32-19-23-57(24-20-32)40-13-10-14-41-44(40)51(4,5)50(65)60(41)42-17-18-43(61)55-47(42)62/h9-10,12-16,21,25-27,31-32,42,54H,6,11,17-20,22-24,28-29H2,1-5,7-8H3,(H,55,61,62)/b21-9-. The van der Waals surface area contributed by atoms with Gasteiger partial charge < -0.3 is 19.7 Å². The Balaban J connectivity index is 1.06. The van der Waals surface area contributed by atoms with Gasteiger partial charge in [0.15, 0.2) is 5.82 Å². The number of hydrazone groups is 1. The molecule has 8 rings (SSSR count). The molecule has 4 aliphatic rings. The average Bonchev–Trinajstić information content (AvgIpc) is 3.83. The third-order valence-corrected chi connectivity index (χ3v) is 13.7. The summed E-state index contributed by atoms with van der Waals surface area (Å²) in [5.41, 5.74) is 7.34. The SMILES string of the molecule is C=NN(/C=C\C)CC(C)C(=O)N1CCC=C(c2cc(-c3ccc(C4CCN(c5cccc6c5C(C)(C)C(=O)N6C5CCC(=O)NC5=O)CC4)cc3C)c3cc(C(=O)N(C)C)[nH]c3c2F)C1. The van der Waals surface area contributed by atoms with Crippen LogP contribution < -0.4 is 15.1 Å². The molecule has 340 valence electrons. The fourth-order valence-corrected chi connectivity index (χ4v) is 10.3. The van der Waals surface area contributed by atoms with Crippen molar-refractivity contribution >= 4 is 64.1 Å². The van der Waals surface area contributed by atoms with Gasteiger partial charge in [0.05, 0.1) is 29.1 Å². The van der Waals surface area contributed by atoms with E-state index in [1.54, 1.807) is 41.2 Å². The third-order valence-electron chi connectivity index (χ3n) is 13.7. The van der Waals surface area contributed by atoms with Gasteiger partial charge in [-0.3, -0.25) is 39.2 Å². The Bertz CT molecular complexity index is 2670. The molecule has 2 unspecified atom stereocenters. The molecule has 1 aromatic heterocycles. The Morgan fingerprint density at radius 1 is 1.00 bits per heavy atom. The van der Waals surface area contributed by atoms with Crippen LogP contribution in [0.15, 0.2) is 72.0 Å². The average molecular weight is 883 g/mol. The molecule has 65 heavy (non-hydrogen) atoms. The van der Waals surface area contributed by atoms with Gasteiger partial charge in [0.2, 0.25) is 23.6 Å². The third kappa shape index (κ3) is 8.23. The summed E-state index contributed by atoms with van der Waals surface area (Å²) in [5, 5.41) is 8.67. The highest BCUT2D eigenvalue weighted by atomic mass is 19.1. The number of nitrogens with zero attached hydrogens (tertiary/aromatic N) is 6. The van der Waals surface area contributed by atoms with Gasteiger partial charge in [-0.25, -0.2) is 4.39 Å². The first-order valence-electron chi connectivity index (χ1n) is 22.6. The van der Waals surface area contributed by atoms with E-state index in [1.165, 1.54) is 10.5 Å². The van der Waals surface area contributed by atoms with Crippen molar-refractivity contribution in [2.24, 2.45) is 11.0 Å². The van der Waals surface area contributed by atoms with E-state index in [2.05, 4.69) is 58.2 Å². The summed E-state index contributed by atoms with van der Waals surface area (Å²) >= 11 is 0. The molecule has 4 aliphatic heterocycles. The number of piperidine rings is 2. The van der Waals surface area contributed by atoms with Crippen molar-refractivity contribution in [1.29, 1.82) is 0 Å². The number of hydrogen-bond acceptors (Lipinski definition) is 8. The zero-order chi connectivity index (χ0) is 46.5. The van der Waals surface area contributed by atoms with Crippen LogP contribution in [0.25, 0.3) is 27.6 Å². The van der Waals surface area contributed by atoms with E-state index >= 15 is 4.39 Å². The molecule has 0 spiro atoms. The van der Waals surface area contributed by atoms with Gasteiger partial charge in [0, 0.05) is 81.8 Å². The number of nitrogens with one attached hydrogen (secondary N) is 2. The first-order chi connectivity index (χ1) is 31.0. The number of aromatic amines is 1. The van der Waals surface area contributed by atoms with Gasteiger partial charge in [-0.15, -0.1) is 0 Å². The topological polar surface area (TPSA) is 142 Å². The first-order valence-corrected chi connectivity index (χ1v) is 22.6. The number of halogens is 1. The van der Waals surface area contributed by atoms with Gasteiger partial charge in [-0.05, 0) is 111 Å². The second kappa shape index (κ2) is 17.8. The highest BCUT2D eigenvalue weighted by Gasteiger charge is 2.50. The minimum atomic E-state index is -0.857. The minimum Gasteiger partial charge on any atom is -0.371 e. The Kier molecular flexibility index (Phi) is 12.3. The highest BCUT2D eigenvalue weighted by Crippen LogP contribution is 2.49. The van der Waals surface area contributed by atoms with Crippen LogP contribution in [0.4, 0.5) is 15.8 Å². The predicted octanol–water partition coefficient (Wildman–Crippen LogP) is 7.50. The Morgan fingerprint density at radius 2 is 1.74 bits per heavy atom. The van der Waals surface area contributed by atoms with Crippen LogP contribution in [0.5, 0.6) is 0 Å². The van der Waals surface area contributed by atoms with E-state index in [-0.39, 0.29) is 59.6 Å². The number of anilines is 2. The molecule has 0 radical (unpaired) electrons. The van der Waals surface area contributed by atoms with Crippen LogP contribution in [-0.4, -0.2) is 109 Å². The largest absolute Gasteiger partial charge is 0.371 e. The Labute approximate surface area is 380 Å².